The molecule has 6 heteroatoms. The van der Waals surface area contributed by atoms with Crippen molar-refractivity contribution in [2.45, 2.75) is 19.9 Å². The van der Waals surface area contributed by atoms with Gasteiger partial charge in [-0.1, -0.05) is 0 Å². The van der Waals surface area contributed by atoms with Crippen LogP contribution >= 0.6 is 11.3 Å². The number of likely N-dealkylation sites (N-methyl/N-ethyl adjacent to an activating group) is 1. The maximum atomic E-state index is 12.0. The predicted molar refractivity (Wildman–Crippen MR) is 71.5 cm³/mol. The molecule has 0 spiro atoms. The quantitative estimate of drug-likeness (QED) is 0.851. The van der Waals surface area contributed by atoms with Crippen LogP contribution in [0.3, 0.4) is 0 Å². The minimum Gasteiger partial charge on any atom is -0.347 e. The molecule has 0 saturated carbocycles. The molecule has 0 aliphatic rings. The van der Waals surface area contributed by atoms with Gasteiger partial charge in [0.1, 0.15) is 6.04 Å². The van der Waals surface area contributed by atoms with Crippen molar-refractivity contribution in [2.75, 3.05) is 14.1 Å². The molecule has 0 aliphatic heterocycles. The van der Waals surface area contributed by atoms with E-state index in [2.05, 4.69) is 9.97 Å². The molecule has 96 valence electrons. The Morgan fingerprint density at radius 3 is 2.72 bits per heavy atom. The molecule has 0 radical (unpaired) electrons. The number of aromatic nitrogens is 3. The third kappa shape index (κ3) is 2.15. The van der Waals surface area contributed by atoms with Crippen LogP contribution in [0.5, 0.6) is 0 Å². The fourth-order valence-electron chi connectivity index (χ4n) is 1.81. The lowest BCUT2D eigenvalue weighted by Crippen LogP contribution is -2.30. The van der Waals surface area contributed by atoms with Crippen LogP contribution in [-0.4, -0.2) is 39.4 Å². The highest BCUT2D eigenvalue weighted by atomic mass is 32.1. The van der Waals surface area contributed by atoms with E-state index >= 15 is 0 Å². The zero-order valence-electron chi connectivity index (χ0n) is 10.9. The summed E-state index contributed by atoms with van der Waals surface area (Å²) in [6.45, 7) is 3.83. The van der Waals surface area contributed by atoms with Gasteiger partial charge in [-0.3, -0.25) is 4.79 Å². The molecule has 1 amide bonds. The molecule has 1 atom stereocenters. The Balaban J connectivity index is 2.40. The summed E-state index contributed by atoms with van der Waals surface area (Å²) in [7, 11) is 3.51. The Bertz CT molecular complexity index is 558. The molecule has 2 rings (SSSR count). The number of hydrogen-bond donors (Lipinski definition) is 0. The molecule has 5 nitrogen and oxygen atoms in total. The monoisotopic (exact) mass is 264 g/mol. The van der Waals surface area contributed by atoms with Crippen LogP contribution in [0.1, 0.15) is 18.7 Å². The average molecular weight is 264 g/mol. The molecular weight excluding hydrogens is 248 g/mol. The summed E-state index contributed by atoms with van der Waals surface area (Å²) in [6.07, 6.45) is 3.55. The van der Waals surface area contributed by atoms with E-state index in [9.17, 15) is 4.79 Å². The van der Waals surface area contributed by atoms with E-state index in [1.807, 2.05) is 24.6 Å². The van der Waals surface area contributed by atoms with Crippen molar-refractivity contribution in [3.8, 4) is 10.7 Å². The lowest BCUT2D eigenvalue weighted by Gasteiger charge is -2.19. The van der Waals surface area contributed by atoms with Crippen LogP contribution in [0.2, 0.25) is 0 Å². The average Bonchev–Trinajstić information content (AvgIpc) is 2.94. The maximum absolute atomic E-state index is 12.0. The van der Waals surface area contributed by atoms with Gasteiger partial charge in [0.25, 0.3) is 0 Å². The molecule has 18 heavy (non-hydrogen) atoms. The van der Waals surface area contributed by atoms with Crippen LogP contribution in [0.25, 0.3) is 10.7 Å². The first-order valence-corrected chi connectivity index (χ1v) is 6.54. The number of hydrogen-bond acceptors (Lipinski definition) is 4. The summed E-state index contributed by atoms with van der Waals surface area (Å²) in [5.41, 5.74) is 2.74. The lowest BCUT2D eigenvalue weighted by molar-refractivity contribution is -0.131. The van der Waals surface area contributed by atoms with Crippen LogP contribution in [0.15, 0.2) is 17.9 Å². The van der Waals surface area contributed by atoms with Crippen LogP contribution in [0, 0.1) is 6.92 Å². The summed E-state index contributed by atoms with van der Waals surface area (Å²) in [4.78, 5) is 23.2. The zero-order valence-corrected chi connectivity index (χ0v) is 11.7. The SMILES string of the molecule is Cc1ncsc1-c1nccn1C(C)C(=O)N(C)C. The molecule has 0 bridgehead atoms. The molecule has 0 aromatic carbocycles. The van der Waals surface area contributed by atoms with Gasteiger partial charge in [-0.2, -0.15) is 0 Å². The summed E-state index contributed by atoms with van der Waals surface area (Å²) < 4.78 is 1.89. The van der Waals surface area contributed by atoms with Crippen molar-refractivity contribution in [3.05, 3.63) is 23.6 Å². The molecule has 1 unspecified atom stereocenters. The Hall–Kier alpha value is -1.69. The standard InChI is InChI=1S/C12H16N4OS/c1-8-10(18-7-14-8)11-13-5-6-16(11)9(2)12(17)15(3)4/h5-7,9H,1-4H3. The summed E-state index contributed by atoms with van der Waals surface area (Å²) >= 11 is 1.54. The Morgan fingerprint density at radius 1 is 1.44 bits per heavy atom. The van der Waals surface area contributed by atoms with E-state index in [0.29, 0.717) is 0 Å². The second kappa shape index (κ2) is 4.89. The van der Waals surface area contributed by atoms with Crippen molar-refractivity contribution >= 4 is 17.2 Å². The zero-order chi connectivity index (χ0) is 13.3. The fraction of sp³-hybridized carbons (Fsp3) is 0.417. The van der Waals surface area contributed by atoms with E-state index in [1.165, 1.54) is 11.3 Å². The minimum atomic E-state index is -0.265. The van der Waals surface area contributed by atoms with Crippen LogP contribution < -0.4 is 0 Å². The van der Waals surface area contributed by atoms with Gasteiger partial charge in [-0.25, -0.2) is 9.97 Å². The van der Waals surface area contributed by atoms with Crippen molar-refractivity contribution in [3.63, 3.8) is 0 Å². The Labute approximate surface area is 110 Å². The van der Waals surface area contributed by atoms with Gasteiger partial charge >= 0.3 is 0 Å². The molecule has 0 aliphatic carbocycles. The first-order valence-electron chi connectivity index (χ1n) is 5.66. The fourth-order valence-corrected chi connectivity index (χ4v) is 2.61. The number of rotatable bonds is 3. The molecule has 0 N–H and O–H groups in total. The predicted octanol–water partition coefficient (Wildman–Crippen LogP) is 1.96. The molecule has 0 fully saturated rings. The first kappa shape index (κ1) is 12.8. The normalized spacial score (nSPS) is 12.4. The van der Waals surface area contributed by atoms with Crippen molar-refractivity contribution in [1.82, 2.24) is 19.4 Å². The highest BCUT2D eigenvalue weighted by Gasteiger charge is 2.21. The number of imidazole rings is 1. The van der Waals surface area contributed by atoms with E-state index in [0.717, 1.165) is 16.4 Å². The minimum absolute atomic E-state index is 0.0522. The van der Waals surface area contributed by atoms with E-state index in [1.54, 1.807) is 30.7 Å². The lowest BCUT2D eigenvalue weighted by atomic mass is 10.2. The van der Waals surface area contributed by atoms with Crippen molar-refractivity contribution < 1.29 is 4.79 Å². The number of carbonyl (C=O) groups is 1. The number of aryl methyl sites for hydroxylation is 1. The number of nitrogens with zero attached hydrogens (tertiary/aromatic N) is 4. The van der Waals surface area contributed by atoms with Gasteiger partial charge in [-0.15, -0.1) is 11.3 Å². The van der Waals surface area contributed by atoms with E-state index < -0.39 is 0 Å². The van der Waals surface area contributed by atoms with Gasteiger partial charge in [-0.05, 0) is 13.8 Å². The molecule has 2 aromatic heterocycles. The van der Waals surface area contributed by atoms with Crippen LogP contribution in [0.4, 0.5) is 0 Å². The third-order valence-electron chi connectivity index (χ3n) is 2.83. The Morgan fingerprint density at radius 2 is 2.17 bits per heavy atom. The number of thiazole rings is 1. The second-order valence-corrected chi connectivity index (χ2v) is 5.19. The summed E-state index contributed by atoms with van der Waals surface area (Å²) in [5, 5.41) is 0. The van der Waals surface area contributed by atoms with E-state index in [4.69, 9.17) is 0 Å². The summed E-state index contributed by atoms with van der Waals surface area (Å²) in [6, 6.07) is -0.265. The molecule has 0 saturated heterocycles. The second-order valence-electron chi connectivity index (χ2n) is 4.33. The highest BCUT2D eigenvalue weighted by molar-refractivity contribution is 7.13. The first-order chi connectivity index (χ1) is 8.52. The van der Waals surface area contributed by atoms with Gasteiger partial charge in [0.05, 0.1) is 16.1 Å². The molecule has 2 heterocycles. The van der Waals surface area contributed by atoms with Gasteiger partial charge in [0.2, 0.25) is 5.91 Å². The van der Waals surface area contributed by atoms with E-state index in [-0.39, 0.29) is 11.9 Å². The van der Waals surface area contributed by atoms with Crippen molar-refractivity contribution in [1.29, 1.82) is 0 Å². The molecular formula is C12H16N4OS. The number of carbonyl (C=O) groups excluding carboxylic acids is 1. The van der Waals surface area contributed by atoms with Gasteiger partial charge in [0, 0.05) is 26.5 Å². The van der Waals surface area contributed by atoms with Crippen molar-refractivity contribution in [2.24, 2.45) is 0 Å². The van der Waals surface area contributed by atoms with Crippen LogP contribution in [-0.2, 0) is 4.79 Å². The topological polar surface area (TPSA) is 51.0 Å². The Kier molecular flexibility index (Phi) is 3.47. The maximum Gasteiger partial charge on any atom is 0.244 e. The van der Waals surface area contributed by atoms with Gasteiger partial charge < -0.3 is 9.47 Å². The number of amides is 1. The smallest absolute Gasteiger partial charge is 0.244 e. The van der Waals surface area contributed by atoms with Gasteiger partial charge in [0.15, 0.2) is 5.82 Å². The molecule has 2 aromatic rings. The largest absolute Gasteiger partial charge is 0.347 e. The third-order valence-corrected chi connectivity index (χ3v) is 3.76. The summed E-state index contributed by atoms with van der Waals surface area (Å²) in [5.74, 6) is 0.856. The highest BCUT2D eigenvalue weighted by Crippen LogP contribution is 2.28.